The number of rotatable bonds is 6. The van der Waals surface area contributed by atoms with E-state index in [0.717, 1.165) is 13.2 Å². The Bertz CT molecular complexity index is 368. The molecule has 1 heterocycles. The van der Waals surface area contributed by atoms with Crippen molar-refractivity contribution in [1.82, 2.24) is 4.90 Å². The highest BCUT2D eigenvalue weighted by Gasteiger charge is 2.27. The summed E-state index contributed by atoms with van der Waals surface area (Å²) in [4.78, 5) is 2.54. The van der Waals surface area contributed by atoms with Crippen LogP contribution in [0.25, 0.3) is 0 Å². The maximum atomic E-state index is 6.38. The van der Waals surface area contributed by atoms with Crippen LogP contribution in [0.3, 0.4) is 0 Å². The fourth-order valence-corrected chi connectivity index (χ4v) is 3.00. The first-order valence-corrected chi connectivity index (χ1v) is 7.26. The maximum Gasteiger partial charge on any atom is 0.0618 e. The van der Waals surface area contributed by atoms with E-state index in [1.807, 2.05) is 6.07 Å². The predicted molar refractivity (Wildman–Crippen MR) is 79.0 cm³/mol. The van der Waals surface area contributed by atoms with Crippen molar-refractivity contribution in [3.8, 4) is 0 Å². The van der Waals surface area contributed by atoms with Crippen LogP contribution in [0.15, 0.2) is 30.3 Å². The second kappa shape index (κ2) is 7.04. The number of likely N-dealkylation sites (tertiary alicyclic amines) is 1. The normalized spacial score (nSPS) is 23.4. The molecular formula is C16H26N2O. The van der Waals surface area contributed by atoms with E-state index in [0.29, 0.717) is 12.0 Å². The summed E-state index contributed by atoms with van der Waals surface area (Å²) in [6.07, 6.45) is 2.53. The standard InChI is InChI=1S/C16H26N2O/c1-13(16(17)14-7-4-3-5-8-14)11-18-10-6-9-15(18)12-19-2/h3-5,7-8,13,15-16H,6,9-12,17H2,1-2H3/t13-,15-,16-/m1/s1. The summed E-state index contributed by atoms with van der Waals surface area (Å²) in [6.45, 7) is 5.33. The Labute approximate surface area is 116 Å². The highest BCUT2D eigenvalue weighted by molar-refractivity contribution is 5.19. The first-order chi connectivity index (χ1) is 9.22. The van der Waals surface area contributed by atoms with E-state index in [2.05, 4.69) is 36.1 Å². The average Bonchev–Trinajstić information content (AvgIpc) is 2.86. The zero-order valence-electron chi connectivity index (χ0n) is 12.1. The van der Waals surface area contributed by atoms with Gasteiger partial charge in [0.05, 0.1) is 6.61 Å². The molecule has 0 saturated carbocycles. The van der Waals surface area contributed by atoms with Gasteiger partial charge in [0.2, 0.25) is 0 Å². The van der Waals surface area contributed by atoms with Gasteiger partial charge in [0, 0.05) is 25.7 Å². The highest BCUT2D eigenvalue weighted by atomic mass is 16.5. The number of hydrogen-bond donors (Lipinski definition) is 1. The van der Waals surface area contributed by atoms with E-state index in [1.54, 1.807) is 7.11 Å². The Morgan fingerprint density at radius 3 is 2.79 bits per heavy atom. The fraction of sp³-hybridized carbons (Fsp3) is 0.625. The van der Waals surface area contributed by atoms with Crippen molar-refractivity contribution in [3.05, 3.63) is 35.9 Å². The zero-order valence-corrected chi connectivity index (χ0v) is 12.1. The van der Waals surface area contributed by atoms with Crippen LogP contribution in [0.2, 0.25) is 0 Å². The summed E-state index contributed by atoms with van der Waals surface area (Å²) in [5.74, 6) is 0.458. The molecule has 0 aliphatic carbocycles. The lowest BCUT2D eigenvalue weighted by molar-refractivity contribution is 0.104. The van der Waals surface area contributed by atoms with Gasteiger partial charge in [-0.1, -0.05) is 37.3 Å². The predicted octanol–water partition coefficient (Wildman–Crippen LogP) is 2.43. The molecule has 3 atom stereocenters. The Balaban J connectivity index is 1.91. The van der Waals surface area contributed by atoms with Crippen LogP contribution in [0.1, 0.15) is 31.4 Å². The molecule has 2 N–H and O–H groups in total. The van der Waals surface area contributed by atoms with E-state index in [-0.39, 0.29) is 6.04 Å². The lowest BCUT2D eigenvalue weighted by Crippen LogP contribution is -2.38. The van der Waals surface area contributed by atoms with Crippen molar-refractivity contribution in [1.29, 1.82) is 0 Å². The highest BCUT2D eigenvalue weighted by Crippen LogP contribution is 2.24. The molecule has 0 spiro atoms. The quantitative estimate of drug-likeness (QED) is 0.855. The van der Waals surface area contributed by atoms with Crippen LogP contribution in [-0.4, -0.2) is 37.7 Å². The van der Waals surface area contributed by atoms with Gasteiger partial charge in [-0.3, -0.25) is 4.90 Å². The zero-order chi connectivity index (χ0) is 13.7. The SMILES string of the molecule is COC[C@H]1CCCN1C[C@@H](C)[C@@H](N)c1ccccc1. The van der Waals surface area contributed by atoms with Crippen molar-refractivity contribution in [2.45, 2.75) is 31.8 Å². The molecule has 3 heteroatoms. The Hall–Kier alpha value is -0.900. The molecule has 1 aromatic carbocycles. The minimum Gasteiger partial charge on any atom is -0.383 e. The molecule has 1 saturated heterocycles. The molecule has 2 rings (SSSR count). The summed E-state index contributed by atoms with van der Waals surface area (Å²) < 4.78 is 5.31. The van der Waals surface area contributed by atoms with Crippen LogP contribution in [-0.2, 0) is 4.74 Å². The van der Waals surface area contributed by atoms with Crippen LogP contribution >= 0.6 is 0 Å². The molecule has 1 aromatic rings. The van der Waals surface area contributed by atoms with Gasteiger partial charge in [0.15, 0.2) is 0 Å². The van der Waals surface area contributed by atoms with E-state index in [9.17, 15) is 0 Å². The number of methoxy groups -OCH3 is 1. The molecule has 1 aliphatic heterocycles. The van der Waals surface area contributed by atoms with Crippen molar-refractivity contribution in [2.75, 3.05) is 26.8 Å². The van der Waals surface area contributed by atoms with Gasteiger partial charge < -0.3 is 10.5 Å². The van der Waals surface area contributed by atoms with Crippen molar-refractivity contribution >= 4 is 0 Å². The smallest absolute Gasteiger partial charge is 0.0618 e. The van der Waals surface area contributed by atoms with Crippen molar-refractivity contribution < 1.29 is 4.74 Å². The molecule has 0 unspecified atom stereocenters. The third kappa shape index (κ3) is 3.78. The van der Waals surface area contributed by atoms with Gasteiger partial charge in [-0.25, -0.2) is 0 Å². The van der Waals surface area contributed by atoms with Crippen LogP contribution in [0, 0.1) is 5.92 Å². The van der Waals surface area contributed by atoms with Crippen molar-refractivity contribution in [3.63, 3.8) is 0 Å². The van der Waals surface area contributed by atoms with Crippen LogP contribution in [0.4, 0.5) is 0 Å². The average molecular weight is 262 g/mol. The van der Waals surface area contributed by atoms with E-state index >= 15 is 0 Å². The number of nitrogens with two attached hydrogens (primary N) is 1. The topological polar surface area (TPSA) is 38.5 Å². The molecule has 0 aromatic heterocycles. The second-order valence-corrected chi connectivity index (χ2v) is 5.66. The largest absolute Gasteiger partial charge is 0.383 e. The Kier molecular flexibility index (Phi) is 5.37. The van der Waals surface area contributed by atoms with Gasteiger partial charge in [0.25, 0.3) is 0 Å². The minimum absolute atomic E-state index is 0.116. The second-order valence-electron chi connectivity index (χ2n) is 5.66. The summed E-state index contributed by atoms with van der Waals surface area (Å²) in [6, 6.07) is 11.1. The molecule has 0 radical (unpaired) electrons. The van der Waals surface area contributed by atoms with E-state index in [1.165, 1.54) is 24.9 Å². The van der Waals surface area contributed by atoms with Gasteiger partial charge >= 0.3 is 0 Å². The Morgan fingerprint density at radius 1 is 1.37 bits per heavy atom. The van der Waals surface area contributed by atoms with Gasteiger partial charge in [-0.2, -0.15) is 0 Å². The fourth-order valence-electron chi connectivity index (χ4n) is 3.00. The van der Waals surface area contributed by atoms with Gasteiger partial charge in [-0.05, 0) is 30.9 Å². The molecule has 19 heavy (non-hydrogen) atoms. The lowest BCUT2D eigenvalue weighted by Gasteiger charge is -2.29. The first-order valence-electron chi connectivity index (χ1n) is 7.26. The third-order valence-corrected chi connectivity index (χ3v) is 4.18. The Morgan fingerprint density at radius 2 is 2.11 bits per heavy atom. The van der Waals surface area contributed by atoms with Crippen LogP contribution < -0.4 is 5.73 Å². The maximum absolute atomic E-state index is 6.38. The monoisotopic (exact) mass is 262 g/mol. The van der Waals surface area contributed by atoms with E-state index < -0.39 is 0 Å². The van der Waals surface area contributed by atoms with Gasteiger partial charge in [-0.15, -0.1) is 0 Å². The summed E-state index contributed by atoms with van der Waals surface area (Å²) in [5.41, 5.74) is 7.61. The molecule has 0 bridgehead atoms. The molecule has 1 aliphatic rings. The third-order valence-electron chi connectivity index (χ3n) is 4.18. The van der Waals surface area contributed by atoms with Crippen LogP contribution in [0.5, 0.6) is 0 Å². The number of ether oxygens (including phenoxy) is 1. The number of nitrogens with zero attached hydrogens (tertiary/aromatic N) is 1. The van der Waals surface area contributed by atoms with Crippen molar-refractivity contribution in [2.24, 2.45) is 11.7 Å². The summed E-state index contributed by atoms with van der Waals surface area (Å²) >= 11 is 0. The number of hydrogen-bond acceptors (Lipinski definition) is 3. The summed E-state index contributed by atoms with van der Waals surface area (Å²) in [7, 11) is 1.79. The van der Waals surface area contributed by atoms with Gasteiger partial charge in [0.1, 0.15) is 0 Å². The number of benzene rings is 1. The first kappa shape index (κ1) is 14.5. The molecule has 106 valence electrons. The molecular weight excluding hydrogens is 236 g/mol. The minimum atomic E-state index is 0.116. The summed E-state index contributed by atoms with van der Waals surface area (Å²) in [5, 5.41) is 0. The molecule has 3 nitrogen and oxygen atoms in total. The molecule has 0 amide bonds. The van der Waals surface area contributed by atoms with E-state index in [4.69, 9.17) is 10.5 Å². The molecule has 1 fully saturated rings. The lowest BCUT2D eigenvalue weighted by atomic mass is 9.95.